The van der Waals surface area contributed by atoms with Gasteiger partial charge in [-0.3, -0.25) is 0 Å². The number of imidazole rings is 1. The first-order valence-corrected chi connectivity index (χ1v) is 7.07. The van der Waals surface area contributed by atoms with Crippen LogP contribution in [0.25, 0.3) is 11.0 Å². The zero-order valence-corrected chi connectivity index (χ0v) is 12.1. The SMILES string of the molecule is Nc1ncc(Br)c2c1ncn2[C@@H]1C[C@H](CO)[C@@H](O)[C@H]1O. The third-order valence-corrected chi connectivity index (χ3v) is 4.52. The summed E-state index contributed by atoms with van der Waals surface area (Å²) in [4.78, 5) is 8.24. The smallest absolute Gasteiger partial charge is 0.151 e. The van der Waals surface area contributed by atoms with E-state index in [4.69, 9.17) is 5.73 Å². The van der Waals surface area contributed by atoms with Gasteiger partial charge in [-0.2, -0.15) is 0 Å². The van der Waals surface area contributed by atoms with E-state index in [2.05, 4.69) is 25.9 Å². The Hall–Kier alpha value is -1.22. The second kappa shape index (κ2) is 4.96. The molecule has 1 aliphatic rings. The van der Waals surface area contributed by atoms with Crippen molar-refractivity contribution in [3.05, 3.63) is 17.0 Å². The molecule has 0 bridgehead atoms. The van der Waals surface area contributed by atoms with Gasteiger partial charge in [0, 0.05) is 18.7 Å². The fourth-order valence-electron chi connectivity index (χ4n) is 2.84. The van der Waals surface area contributed by atoms with Crippen LogP contribution < -0.4 is 5.73 Å². The molecule has 108 valence electrons. The molecule has 8 heteroatoms. The average molecular weight is 343 g/mol. The Morgan fingerprint density at radius 3 is 2.75 bits per heavy atom. The number of hydrogen-bond donors (Lipinski definition) is 4. The lowest BCUT2D eigenvalue weighted by Crippen LogP contribution is -2.30. The lowest BCUT2D eigenvalue weighted by molar-refractivity contribution is -0.00366. The number of halogens is 1. The van der Waals surface area contributed by atoms with Crippen LogP contribution in [0.3, 0.4) is 0 Å². The summed E-state index contributed by atoms with van der Waals surface area (Å²) in [6, 6.07) is -0.356. The molecule has 1 fully saturated rings. The highest BCUT2D eigenvalue weighted by atomic mass is 79.9. The molecular weight excluding hydrogens is 328 g/mol. The quantitative estimate of drug-likeness (QED) is 0.612. The fraction of sp³-hybridized carbons (Fsp3) is 0.500. The van der Waals surface area contributed by atoms with Crippen molar-refractivity contribution in [2.75, 3.05) is 12.3 Å². The van der Waals surface area contributed by atoms with E-state index >= 15 is 0 Å². The number of aliphatic hydroxyl groups is 3. The first kappa shape index (κ1) is 13.7. The Morgan fingerprint density at radius 1 is 1.35 bits per heavy atom. The van der Waals surface area contributed by atoms with E-state index in [1.54, 1.807) is 17.1 Å². The van der Waals surface area contributed by atoms with E-state index in [0.29, 0.717) is 22.2 Å². The van der Waals surface area contributed by atoms with Crippen molar-refractivity contribution < 1.29 is 15.3 Å². The Bertz CT molecular complexity index is 647. The monoisotopic (exact) mass is 342 g/mol. The van der Waals surface area contributed by atoms with Crippen LogP contribution in [0.1, 0.15) is 12.5 Å². The third-order valence-electron chi connectivity index (χ3n) is 3.94. The van der Waals surface area contributed by atoms with E-state index in [-0.39, 0.29) is 18.6 Å². The normalized spacial score (nSPS) is 30.2. The van der Waals surface area contributed by atoms with E-state index in [0.717, 1.165) is 5.52 Å². The number of nitrogen functional groups attached to an aromatic ring is 1. The van der Waals surface area contributed by atoms with Crippen LogP contribution in [0.2, 0.25) is 0 Å². The molecule has 0 aliphatic heterocycles. The number of aliphatic hydroxyl groups excluding tert-OH is 3. The van der Waals surface area contributed by atoms with E-state index in [9.17, 15) is 15.3 Å². The van der Waals surface area contributed by atoms with Gasteiger partial charge in [-0.25, -0.2) is 9.97 Å². The predicted molar refractivity (Wildman–Crippen MR) is 75.9 cm³/mol. The van der Waals surface area contributed by atoms with Gasteiger partial charge >= 0.3 is 0 Å². The number of aromatic nitrogens is 3. The van der Waals surface area contributed by atoms with Gasteiger partial charge in [-0.15, -0.1) is 0 Å². The molecular formula is C12H15BrN4O3. The number of hydrogen-bond acceptors (Lipinski definition) is 6. The van der Waals surface area contributed by atoms with Crippen molar-refractivity contribution in [2.24, 2.45) is 5.92 Å². The lowest BCUT2D eigenvalue weighted by Gasteiger charge is -2.19. The Kier molecular flexibility index (Phi) is 3.41. The highest BCUT2D eigenvalue weighted by Crippen LogP contribution is 2.38. The van der Waals surface area contributed by atoms with Gasteiger partial charge in [0.15, 0.2) is 5.82 Å². The van der Waals surface area contributed by atoms with Crippen LogP contribution in [-0.4, -0.2) is 48.7 Å². The third kappa shape index (κ3) is 1.91. The zero-order chi connectivity index (χ0) is 14.4. The number of rotatable bonds is 2. The topological polar surface area (TPSA) is 117 Å². The molecule has 1 aliphatic carbocycles. The molecule has 0 aromatic carbocycles. The van der Waals surface area contributed by atoms with E-state index < -0.39 is 12.2 Å². The van der Waals surface area contributed by atoms with Crippen LogP contribution in [0, 0.1) is 5.92 Å². The van der Waals surface area contributed by atoms with Crippen molar-refractivity contribution in [3.63, 3.8) is 0 Å². The highest BCUT2D eigenvalue weighted by molar-refractivity contribution is 9.10. The van der Waals surface area contributed by atoms with Crippen LogP contribution in [0.5, 0.6) is 0 Å². The molecule has 0 radical (unpaired) electrons. The minimum atomic E-state index is -0.953. The molecule has 3 rings (SSSR count). The standard InChI is InChI=1S/C12H15BrN4O3/c13-6-2-15-12(14)8-9(6)17(4-16-8)7-1-5(3-18)10(19)11(7)20/h2,4-5,7,10-11,18-20H,1,3H2,(H2,14,15)/t5-,7-,10-,11+/m1/s1. The zero-order valence-electron chi connectivity index (χ0n) is 10.5. The number of pyridine rings is 1. The molecule has 2 aromatic heterocycles. The van der Waals surface area contributed by atoms with Gasteiger partial charge in [0.1, 0.15) is 11.6 Å². The van der Waals surface area contributed by atoms with Crippen LogP contribution in [-0.2, 0) is 0 Å². The summed E-state index contributed by atoms with van der Waals surface area (Å²) >= 11 is 3.40. The van der Waals surface area contributed by atoms with Crippen molar-refractivity contribution in [1.29, 1.82) is 0 Å². The predicted octanol–water partition coefficient (Wildman–Crippen LogP) is 0.0511. The summed E-state index contributed by atoms with van der Waals surface area (Å²) in [5.41, 5.74) is 7.07. The van der Waals surface area contributed by atoms with Gasteiger partial charge in [0.05, 0.1) is 28.5 Å². The van der Waals surface area contributed by atoms with E-state index in [1.807, 2.05) is 0 Å². The minimum absolute atomic E-state index is 0.160. The Morgan fingerprint density at radius 2 is 2.10 bits per heavy atom. The van der Waals surface area contributed by atoms with Gasteiger partial charge in [0.25, 0.3) is 0 Å². The second-order valence-electron chi connectivity index (χ2n) is 5.07. The average Bonchev–Trinajstić information content (AvgIpc) is 2.99. The molecule has 1 saturated carbocycles. The molecule has 0 unspecified atom stereocenters. The number of anilines is 1. The summed E-state index contributed by atoms with van der Waals surface area (Å²) in [5, 5.41) is 29.4. The summed E-state index contributed by atoms with van der Waals surface area (Å²) in [6.45, 7) is -0.160. The van der Waals surface area contributed by atoms with Crippen LogP contribution >= 0.6 is 15.9 Å². The number of nitrogens with two attached hydrogens (primary N) is 1. The van der Waals surface area contributed by atoms with Crippen molar-refractivity contribution in [3.8, 4) is 0 Å². The maximum absolute atomic E-state index is 10.2. The van der Waals surface area contributed by atoms with Crippen LogP contribution in [0.4, 0.5) is 5.82 Å². The van der Waals surface area contributed by atoms with Crippen molar-refractivity contribution >= 4 is 32.8 Å². The molecule has 20 heavy (non-hydrogen) atoms. The molecule has 4 atom stereocenters. The highest BCUT2D eigenvalue weighted by Gasteiger charge is 2.42. The van der Waals surface area contributed by atoms with Crippen LogP contribution in [0.15, 0.2) is 17.0 Å². The Labute approximate surface area is 123 Å². The lowest BCUT2D eigenvalue weighted by atomic mass is 10.1. The van der Waals surface area contributed by atoms with Gasteiger partial charge in [0.2, 0.25) is 0 Å². The molecule has 0 amide bonds. The Balaban J connectivity index is 2.10. The van der Waals surface area contributed by atoms with Gasteiger partial charge in [-0.1, -0.05) is 0 Å². The van der Waals surface area contributed by atoms with E-state index in [1.165, 1.54) is 0 Å². The van der Waals surface area contributed by atoms with Gasteiger partial charge in [-0.05, 0) is 22.4 Å². The number of nitrogens with zero attached hydrogens (tertiary/aromatic N) is 3. The molecule has 0 spiro atoms. The molecule has 2 aromatic rings. The summed E-state index contributed by atoms with van der Waals surface area (Å²) < 4.78 is 2.49. The molecule has 0 saturated heterocycles. The maximum atomic E-state index is 10.2. The van der Waals surface area contributed by atoms with Crippen molar-refractivity contribution in [1.82, 2.24) is 14.5 Å². The fourth-order valence-corrected chi connectivity index (χ4v) is 3.34. The first-order chi connectivity index (χ1) is 9.54. The molecule has 7 nitrogen and oxygen atoms in total. The summed E-state index contributed by atoms with van der Waals surface area (Å²) in [6.07, 6.45) is 1.73. The van der Waals surface area contributed by atoms with Gasteiger partial charge < -0.3 is 25.6 Å². The summed E-state index contributed by atoms with van der Waals surface area (Å²) in [5.74, 6) is -0.0286. The van der Waals surface area contributed by atoms with Crippen molar-refractivity contribution in [2.45, 2.75) is 24.7 Å². The summed E-state index contributed by atoms with van der Waals surface area (Å²) in [7, 11) is 0. The second-order valence-corrected chi connectivity index (χ2v) is 5.92. The largest absolute Gasteiger partial charge is 0.396 e. The molecule has 2 heterocycles. The maximum Gasteiger partial charge on any atom is 0.151 e. The number of fused-ring (bicyclic) bond motifs is 1. The first-order valence-electron chi connectivity index (χ1n) is 6.28. The minimum Gasteiger partial charge on any atom is -0.396 e. The molecule has 5 N–H and O–H groups in total.